The summed E-state index contributed by atoms with van der Waals surface area (Å²) < 4.78 is 5.48. The molecule has 0 radical (unpaired) electrons. The molecule has 0 aliphatic rings. The third-order valence-electron chi connectivity index (χ3n) is 5.40. The standard InChI is InChI=1S/C25H26N6O4/c1-4-7-19-26-20(22(27-19)25(2,3)34)24(33)35-14-15-10-12-16(13-11-15)17-8-5-6-9-18(17)21(32)23-28-30-31-29-23/h5-6,8-13,34H,4,7,14H2,1-3H3,(H,26,27)(H,28,29,30,31). The van der Waals surface area contributed by atoms with Crippen LogP contribution in [0.3, 0.4) is 0 Å². The van der Waals surface area contributed by atoms with Gasteiger partial charge in [-0.1, -0.05) is 55.5 Å². The van der Waals surface area contributed by atoms with Gasteiger partial charge in [0, 0.05) is 12.0 Å². The van der Waals surface area contributed by atoms with E-state index in [2.05, 4.69) is 30.6 Å². The van der Waals surface area contributed by atoms with E-state index in [1.807, 2.05) is 43.3 Å². The average Bonchev–Trinajstić information content (AvgIpc) is 3.53. The molecule has 10 heteroatoms. The van der Waals surface area contributed by atoms with E-state index < -0.39 is 11.6 Å². The van der Waals surface area contributed by atoms with E-state index in [1.54, 1.807) is 26.0 Å². The van der Waals surface area contributed by atoms with Crippen molar-refractivity contribution >= 4 is 11.8 Å². The van der Waals surface area contributed by atoms with E-state index in [9.17, 15) is 14.7 Å². The normalized spacial score (nSPS) is 11.4. The minimum atomic E-state index is -1.26. The van der Waals surface area contributed by atoms with E-state index >= 15 is 0 Å². The first-order chi connectivity index (χ1) is 16.8. The molecule has 0 saturated carbocycles. The van der Waals surface area contributed by atoms with Gasteiger partial charge in [-0.3, -0.25) is 4.79 Å². The van der Waals surface area contributed by atoms with Gasteiger partial charge in [0.1, 0.15) is 18.0 Å². The predicted molar refractivity (Wildman–Crippen MR) is 126 cm³/mol. The van der Waals surface area contributed by atoms with Gasteiger partial charge in [0.2, 0.25) is 11.6 Å². The quantitative estimate of drug-likeness (QED) is 0.247. The van der Waals surface area contributed by atoms with Crippen molar-refractivity contribution in [1.82, 2.24) is 30.6 Å². The average molecular weight is 475 g/mol. The molecule has 180 valence electrons. The van der Waals surface area contributed by atoms with Gasteiger partial charge < -0.3 is 14.8 Å². The summed E-state index contributed by atoms with van der Waals surface area (Å²) in [6.45, 7) is 5.22. The number of imidazole rings is 1. The highest BCUT2D eigenvalue weighted by molar-refractivity contribution is 6.10. The fourth-order valence-electron chi connectivity index (χ4n) is 3.68. The first-order valence-corrected chi connectivity index (χ1v) is 11.2. The first-order valence-electron chi connectivity index (χ1n) is 11.2. The fraction of sp³-hybridized carbons (Fsp3) is 0.280. The van der Waals surface area contributed by atoms with Gasteiger partial charge in [-0.2, -0.15) is 5.21 Å². The smallest absolute Gasteiger partial charge is 0.359 e. The number of rotatable bonds is 9. The van der Waals surface area contributed by atoms with E-state index in [-0.39, 0.29) is 23.9 Å². The van der Waals surface area contributed by atoms with Crippen LogP contribution in [0.15, 0.2) is 48.5 Å². The van der Waals surface area contributed by atoms with E-state index in [4.69, 9.17) is 4.74 Å². The van der Waals surface area contributed by atoms with Crippen molar-refractivity contribution < 1.29 is 19.4 Å². The summed E-state index contributed by atoms with van der Waals surface area (Å²) in [5.41, 5.74) is 1.91. The molecule has 2 aromatic heterocycles. The maximum absolute atomic E-state index is 12.8. The number of aryl methyl sites for hydroxylation is 1. The highest BCUT2D eigenvalue weighted by Crippen LogP contribution is 2.26. The van der Waals surface area contributed by atoms with Crippen molar-refractivity contribution in [1.29, 1.82) is 0 Å². The highest BCUT2D eigenvalue weighted by Gasteiger charge is 2.29. The molecule has 0 unspecified atom stereocenters. The molecule has 2 heterocycles. The van der Waals surface area contributed by atoms with Gasteiger partial charge in [-0.15, -0.1) is 10.2 Å². The Labute approximate surface area is 201 Å². The lowest BCUT2D eigenvalue weighted by Crippen LogP contribution is -2.21. The summed E-state index contributed by atoms with van der Waals surface area (Å²) >= 11 is 0. The minimum absolute atomic E-state index is 0.00753. The number of nitrogens with one attached hydrogen (secondary N) is 2. The zero-order valence-electron chi connectivity index (χ0n) is 19.7. The number of ether oxygens (including phenoxy) is 1. The SMILES string of the molecule is CCCc1nc(C(=O)OCc2ccc(-c3ccccc3C(=O)c3nn[nH]n3)cc2)c(C(C)(C)O)[nH]1. The van der Waals surface area contributed by atoms with Crippen LogP contribution in [0, 0.1) is 0 Å². The van der Waals surface area contributed by atoms with Crippen LogP contribution in [0.4, 0.5) is 0 Å². The molecule has 0 saturated heterocycles. The number of ketones is 1. The lowest BCUT2D eigenvalue weighted by Gasteiger charge is -2.16. The molecule has 0 atom stereocenters. The first kappa shape index (κ1) is 24.0. The molecule has 0 aliphatic carbocycles. The van der Waals surface area contributed by atoms with Crippen molar-refractivity contribution in [2.45, 2.75) is 45.8 Å². The lowest BCUT2D eigenvalue weighted by molar-refractivity contribution is 0.0428. The number of tetrazole rings is 1. The molecule has 0 spiro atoms. The van der Waals surface area contributed by atoms with Gasteiger partial charge in [0.15, 0.2) is 5.69 Å². The molecule has 0 bridgehead atoms. The topological polar surface area (TPSA) is 147 Å². The van der Waals surface area contributed by atoms with Crippen LogP contribution in [-0.2, 0) is 23.4 Å². The molecule has 4 aromatic rings. The summed E-state index contributed by atoms with van der Waals surface area (Å²) in [6.07, 6.45) is 1.51. The van der Waals surface area contributed by atoms with Crippen LogP contribution in [0.2, 0.25) is 0 Å². The molecule has 4 rings (SSSR count). The van der Waals surface area contributed by atoms with Gasteiger partial charge in [0.25, 0.3) is 0 Å². The third-order valence-corrected chi connectivity index (χ3v) is 5.40. The van der Waals surface area contributed by atoms with Crippen molar-refractivity contribution in [3.05, 3.63) is 82.7 Å². The van der Waals surface area contributed by atoms with E-state index in [0.29, 0.717) is 23.5 Å². The van der Waals surface area contributed by atoms with Crippen molar-refractivity contribution in [3.8, 4) is 11.1 Å². The van der Waals surface area contributed by atoms with Crippen molar-refractivity contribution in [3.63, 3.8) is 0 Å². The number of aliphatic hydroxyl groups is 1. The number of H-pyrrole nitrogens is 2. The Kier molecular flexibility index (Phi) is 6.83. The molecule has 2 aromatic carbocycles. The third kappa shape index (κ3) is 5.33. The summed E-state index contributed by atoms with van der Waals surface area (Å²) in [4.78, 5) is 32.9. The molecular weight excluding hydrogens is 448 g/mol. The number of carbonyl (C=O) groups is 2. The number of benzene rings is 2. The molecule has 10 nitrogen and oxygen atoms in total. The van der Waals surface area contributed by atoms with Crippen LogP contribution in [-0.4, -0.2) is 47.5 Å². The second-order valence-electron chi connectivity index (χ2n) is 8.60. The summed E-state index contributed by atoms with van der Waals surface area (Å²) in [6, 6.07) is 14.5. The number of esters is 1. The predicted octanol–water partition coefficient (Wildman–Crippen LogP) is 3.36. The maximum Gasteiger partial charge on any atom is 0.359 e. The zero-order chi connectivity index (χ0) is 25.0. The molecule has 3 N–H and O–H groups in total. The van der Waals surface area contributed by atoms with E-state index in [0.717, 1.165) is 23.1 Å². The van der Waals surface area contributed by atoms with Gasteiger partial charge in [-0.25, -0.2) is 9.78 Å². The highest BCUT2D eigenvalue weighted by atomic mass is 16.5. The van der Waals surface area contributed by atoms with E-state index in [1.165, 1.54) is 0 Å². The van der Waals surface area contributed by atoms with Crippen LogP contribution in [0.5, 0.6) is 0 Å². The second-order valence-corrected chi connectivity index (χ2v) is 8.60. The Balaban J connectivity index is 1.49. The molecule has 0 aliphatic heterocycles. The van der Waals surface area contributed by atoms with Gasteiger partial charge in [0.05, 0.1) is 5.69 Å². The zero-order valence-corrected chi connectivity index (χ0v) is 19.7. The number of nitrogens with zero attached hydrogens (tertiary/aromatic N) is 4. The minimum Gasteiger partial charge on any atom is -0.456 e. The number of carbonyl (C=O) groups excluding carboxylic acids is 2. The Morgan fingerprint density at radius 3 is 2.49 bits per heavy atom. The maximum atomic E-state index is 12.8. The Bertz CT molecular complexity index is 1320. The van der Waals surface area contributed by atoms with Crippen molar-refractivity contribution in [2.24, 2.45) is 0 Å². The molecule has 0 fully saturated rings. The van der Waals surface area contributed by atoms with Crippen LogP contribution in [0.25, 0.3) is 11.1 Å². The summed E-state index contributed by atoms with van der Waals surface area (Å²) in [7, 11) is 0. The summed E-state index contributed by atoms with van der Waals surface area (Å²) in [5, 5.41) is 23.7. The number of hydrogen-bond donors (Lipinski definition) is 3. The van der Waals surface area contributed by atoms with Gasteiger partial charge in [-0.05, 0) is 42.2 Å². The Hall–Kier alpha value is -4.18. The largest absolute Gasteiger partial charge is 0.456 e. The van der Waals surface area contributed by atoms with Crippen LogP contribution >= 0.6 is 0 Å². The Morgan fingerprint density at radius 1 is 1.09 bits per heavy atom. The number of aromatic amines is 2. The molecule has 35 heavy (non-hydrogen) atoms. The summed E-state index contributed by atoms with van der Waals surface area (Å²) in [5.74, 6) is -0.320. The second kappa shape index (κ2) is 9.98. The lowest BCUT2D eigenvalue weighted by atomic mass is 9.96. The van der Waals surface area contributed by atoms with Gasteiger partial charge >= 0.3 is 5.97 Å². The molecule has 0 amide bonds. The number of aromatic nitrogens is 6. The Morgan fingerprint density at radius 2 is 1.83 bits per heavy atom. The fourth-order valence-corrected chi connectivity index (χ4v) is 3.68. The molecular formula is C25H26N6O4. The van der Waals surface area contributed by atoms with Crippen molar-refractivity contribution in [2.75, 3.05) is 0 Å². The van der Waals surface area contributed by atoms with Crippen LogP contribution in [0.1, 0.15) is 70.9 Å². The monoisotopic (exact) mass is 474 g/mol. The van der Waals surface area contributed by atoms with Crippen LogP contribution < -0.4 is 0 Å². The number of hydrogen-bond acceptors (Lipinski definition) is 8.